The third kappa shape index (κ3) is 7600. The van der Waals surface area contributed by atoms with Crippen LogP contribution in [0.25, 0.3) is 0 Å². The van der Waals surface area contributed by atoms with E-state index in [1.807, 2.05) is 0 Å². The van der Waals surface area contributed by atoms with E-state index in [1.54, 1.807) is 0 Å². The van der Waals surface area contributed by atoms with Gasteiger partial charge in [0.05, 0.1) is 0 Å². The molecule has 0 aliphatic heterocycles. The van der Waals surface area contributed by atoms with E-state index < -0.39 is 29.0 Å². The number of rotatable bonds is 0. The zero-order chi connectivity index (χ0) is 18.0. The van der Waals surface area contributed by atoms with Gasteiger partial charge in [-0.2, -0.15) is 0 Å². The molecule has 21 heavy (non-hydrogen) atoms. The van der Waals surface area contributed by atoms with Gasteiger partial charge in [0, 0.05) is 0 Å². The Morgan fingerprint density at radius 1 is 0.238 bits per heavy atom. The zero-order valence-electron chi connectivity index (χ0n) is 8.86. The first kappa shape index (κ1) is 32.2. The molecular weight excluding hydrogens is 359 g/mol. The minimum absolute atomic E-state index is 0. The summed E-state index contributed by atoms with van der Waals surface area (Å²) in [4.78, 5) is 0. The van der Waals surface area contributed by atoms with Gasteiger partial charge in [0.15, 0.2) is 0 Å². The second kappa shape index (κ2) is 11.8. The molecular formula is CB4F16. The Kier molecular flexibility index (Phi) is 18.0. The van der Waals surface area contributed by atoms with Crippen molar-refractivity contribution >= 4 is 29.0 Å². The van der Waals surface area contributed by atoms with Gasteiger partial charge >= 0.3 is 36.4 Å². The molecule has 0 aromatic heterocycles. The van der Waals surface area contributed by atoms with E-state index in [9.17, 15) is 69.1 Å². The quantitative estimate of drug-likeness (QED) is 0.408. The summed E-state index contributed by atoms with van der Waals surface area (Å²) in [6.07, 6.45) is 0. The van der Waals surface area contributed by atoms with E-state index in [2.05, 4.69) is 0 Å². The summed E-state index contributed by atoms with van der Waals surface area (Å²) in [7, 11) is -24.0. The maximum Gasteiger partial charge on any atom is 4.00 e. The molecule has 0 amide bonds. The van der Waals surface area contributed by atoms with Crippen molar-refractivity contribution in [3.05, 3.63) is 7.43 Å². The maximum atomic E-state index is 9.75. The monoisotopic (exact) mass is 360 g/mol. The molecule has 0 bridgehead atoms. The third-order valence-electron chi connectivity index (χ3n) is 0. The summed E-state index contributed by atoms with van der Waals surface area (Å²) in [6, 6.07) is 0. The first-order valence-corrected chi connectivity index (χ1v) is 3.49. The Morgan fingerprint density at radius 3 is 0.238 bits per heavy atom. The van der Waals surface area contributed by atoms with Crippen molar-refractivity contribution in [3.8, 4) is 0 Å². The molecule has 0 aliphatic carbocycles. The molecule has 0 saturated carbocycles. The molecule has 0 aromatic carbocycles. The molecule has 0 spiro atoms. The van der Waals surface area contributed by atoms with Crippen LogP contribution in [0.3, 0.4) is 0 Å². The minimum atomic E-state index is -6.00. The van der Waals surface area contributed by atoms with E-state index in [-0.39, 0.29) is 7.43 Å². The number of halogens is 16. The second-order valence-electron chi connectivity index (χ2n) is 1.98. The van der Waals surface area contributed by atoms with E-state index in [1.165, 1.54) is 0 Å². The van der Waals surface area contributed by atoms with Gasteiger partial charge in [-0.05, 0) is 0 Å². The molecule has 128 valence electrons. The van der Waals surface area contributed by atoms with Gasteiger partial charge in [0.2, 0.25) is 0 Å². The van der Waals surface area contributed by atoms with E-state index >= 15 is 0 Å². The Morgan fingerprint density at radius 2 is 0.238 bits per heavy atom. The molecule has 0 rings (SSSR count). The maximum absolute atomic E-state index is 9.75. The van der Waals surface area contributed by atoms with Gasteiger partial charge in [0.1, 0.15) is 0 Å². The minimum Gasteiger partial charge on any atom is -0.418 e. The molecule has 0 fully saturated rings. The fourth-order valence-corrected chi connectivity index (χ4v) is 0. The third-order valence-corrected chi connectivity index (χ3v) is 0. The molecule has 0 N–H and O–H groups in total. The largest absolute Gasteiger partial charge is 4.00 e. The van der Waals surface area contributed by atoms with Gasteiger partial charge in [-0.1, -0.05) is 0 Å². The van der Waals surface area contributed by atoms with Crippen LogP contribution in [0.15, 0.2) is 0 Å². The van der Waals surface area contributed by atoms with Gasteiger partial charge in [-0.25, -0.2) is 0 Å². The van der Waals surface area contributed by atoms with Crippen LogP contribution in [0.4, 0.5) is 69.1 Å². The Hall–Kier alpha value is -0.860. The van der Waals surface area contributed by atoms with Crippen molar-refractivity contribution in [1.82, 2.24) is 0 Å². The van der Waals surface area contributed by atoms with E-state index in [0.717, 1.165) is 0 Å². The molecule has 0 atom stereocenters. The summed E-state index contributed by atoms with van der Waals surface area (Å²) in [6.45, 7) is 0. The molecule has 0 unspecified atom stereocenters. The molecule has 0 aliphatic rings. The van der Waals surface area contributed by atoms with Gasteiger partial charge in [-0.15, -0.1) is 0 Å². The SMILES string of the molecule is F[B-](F)(F)F.F[B-](F)(F)F.F[B-](F)(F)F.F[B-](F)(F)F.[C+4]. The van der Waals surface area contributed by atoms with Crippen LogP contribution in [0.5, 0.6) is 0 Å². The van der Waals surface area contributed by atoms with E-state index in [0.29, 0.717) is 0 Å². The molecule has 0 heterocycles. The normalized spacial score (nSPS) is 11.4. The fraction of sp³-hybridized carbons (Fsp3) is 0. The van der Waals surface area contributed by atoms with Crippen LogP contribution in [0.1, 0.15) is 0 Å². The van der Waals surface area contributed by atoms with Gasteiger partial charge in [0.25, 0.3) is 0 Å². The van der Waals surface area contributed by atoms with Crippen LogP contribution in [0, 0.1) is 7.43 Å². The van der Waals surface area contributed by atoms with Crippen molar-refractivity contribution in [3.63, 3.8) is 0 Å². The van der Waals surface area contributed by atoms with Crippen molar-refractivity contribution in [2.75, 3.05) is 0 Å². The predicted molar refractivity (Wildman–Crippen MR) is 44.0 cm³/mol. The molecule has 0 aromatic rings. The summed E-state index contributed by atoms with van der Waals surface area (Å²) >= 11 is 0. The second-order valence-corrected chi connectivity index (χ2v) is 1.98. The van der Waals surface area contributed by atoms with Crippen molar-refractivity contribution < 1.29 is 69.1 Å². The molecule has 0 saturated heterocycles. The van der Waals surface area contributed by atoms with E-state index in [4.69, 9.17) is 0 Å². The van der Waals surface area contributed by atoms with Crippen molar-refractivity contribution in [1.29, 1.82) is 0 Å². The summed E-state index contributed by atoms with van der Waals surface area (Å²) < 4.78 is 156. The standard InChI is InChI=1S/C.4BF4/c;4*2-1(3,4)5/q+4;4*-1. The number of hydrogen-bond donors (Lipinski definition) is 0. The first-order chi connectivity index (χ1) is 8.00. The van der Waals surface area contributed by atoms with Gasteiger partial charge in [-0.3, -0.25) is 0 Å². The van der Waals surface area contributed by atoms with Crippen molar-refractivity contribution in [2.24, 2.45) is 0 Å². The molecule has 0 radical (unpaired) electrons. The summed E-state index contributed by atoms with van der Waals surface area (Å²) in [5.74, 6) is 0. The van der Waals surface area contributed by atoms with Crippen molar-refractivity contribution in [2.45, 2.75) is 0 Å². The average molecular weight is 359 g/mol. The Labute approximate surface area is 107 Å². The Bertz CT molecular complexity index is 130. The van der Waals surface area contributed by atoms with Gasteiger partial charge < -0.3 is 69.1 Å². The topological polar surface area (TPSA) is 0 Å². The predicted octanol–water partition coefficient (Wildman–Crippen LogP) is 5.28. The van der Waals surface area contributed by atoms with Crippen LogP contribution in [0.2, 0.25) is 0 Å². The van der Waals surface area contributed by atoms with Crippen LogP contribution in [-0.4, -0.2) is 29.0 Å². The number of hydrogen-bond acceptors (Lipinski definition) is 0. The van der Waals surface area contributed by atoms with Crippen LogP contribution in [-0.2, 0) is 0 Å². The summed E-state index contributed by atoms with van der Waals surface area (Å²) in [5.41, 5.74) is 0. The van der Waals surface area contributed by atoms with Crippen LogP contribution >= 0.6 is 0 Å². The zero-order valence-corrected chi connectivity index (χ0v) is 8.86. The van der Waals surface area contributed by atoms with Crippen LogP contribution < -0.4 is 0 Å². The molecule has 20 heteroatoms. The smallest absolute Gasteiger partial charge is 0.418 e. The first-order valence-electron chi connectivity index (χ1n) is 3.49. The Balaban J connectivity index is -0.0000000533. The fourth-order valence-electron chi connectivity index (χ4n) is 0. The summed E-state index contributed by atoms with van der Waals surface area (Å²) in [5, 5.41) is 0. The molecule has 0 nitrogen and oxygen atoms in total. The average Bonchev–Trinajstić information content (AvgIpc) is 1.62.